The summed E-state index contributed by atoms with van der Waals surface area (Å²) in [6.07, 6.45) is 2.50. The number of pyridine rings is 1. The van der Waals surface area contributed by atoms with E-state index in [2.05, 4.69) is 58.6 Å². The lowest BCUT2D eigenvalue weighted by Crippen LogP contribution is -2.41. The normalized spacial score (nSPS) is 22.4. The van der Waals surface area contributed by atoms with E-state index in [0.29, 0.717) is 5.92 Å². The molecule has 1 aliphatic carbocycles. The Balaban J connectivity index is 1.96. The molecule has 0 N–H and O–H groups in total. The van der Waals surface area contributed by atoms with Crippen LogP contribution in [0.4, 0.5) is 5.82 Å². The second-order valence-corrected chi connectivity index (χ2v) is 7.72. The van der Waals surface area contributed by atoms with E-state index in [1.165, 1.54) is 18.5 Å². The average Bonchev–Trinajstić information content (AvgIpc) is 3.28. The number of nitrogens with zero attached hydrogens (tertiary/aromatic N) is 2. The summed E-state index contributed by atoms with van der Waals surface area (Å²) in [6.45, 7) is 14.7. The van der Waals surface area contributed by atoms with Gasteiger partial charge < -0.3 is 14.2 Å². The van der Waals surface area contributed by atoms with Gasteiger partial charge in [-0.05, 0) is 72.0 Å². The number of rotatable bonds is 5. The third kappa shape index (κ3) is 3.13. The number of aromatic nitrogens is 1. The Kier molecular flexibility index (Phi) is 4.22. The Morgan fingerprint density at radius 3 is 2.13 bits per heavy atom. The summed E-state index contributed by atoms with van der Waals surface area (Å²) in [5, 5.41) is 0. The van der Waals surface area contributed by atoms with Gasteiger partial charge in [-0.25, -0.2) is 4.98 Å². The van der Waals surface area contributed by atoms with E-state index in [0.717, 1.165) is 24.4 Å². The molecule has 1 aliphatic heterocycles. The first-order valence-corrected chi connectivity index (χ1v) is 8.90. The van der Waals surface area contributed by atoms with Crippen LogP contribution in [0.5, 0.6) is 0 Å². The summed E-state index contributed by atoms with van der Waals surface area (Å²) in [4.78, 5) is 7.19. The summed E-state index contributed by atoms with van der Waals surface area (Å²) >= 11 is 0. The van der Waals surface area contributed by atoms with E-state index in [1.807, 2.05) is 0 Å². The first kappa shape index (κ1) is 16.8. The fraction of sp³-hybridized carbons (Fsp3) is 0.722. The van der Waals surface area contributed by atoms with Crippen molar-refractivity contribution in [2.75, 3.05) is 18.0 Å². The van der Waals surface area contributed by atoms with Crippen molar-refractivity contribution in [3.05, 3.63) is 17.8 Å². The predicted molar refractivity (Wildman–Crippen MR) is 95.5 cm³/mol. The molecule has 0 atom stereocenters. The monoisotopic (exact) mass is 316 g/mol. The molecule has 4 nitrogen and oxygen atoms in total. The summed E-state index contributed by atoms with van der Waals surface area (Å²) in [5.41, 5.74) is 1.67. The molecule has 3 rings (SSSR count). The summed E-state index contributed by atoms with van der Waals surface area (Å²) < 4.78 is 12.5. The maximum Gasteiger partial charge on any atom is 0.495 e. The van der Waals surface area contributed by atoms with Crippen molar-refractivity contribution in [1.29, 1.82) is 0 Å². The van der Waals surface area contributed by atoms with Crippen LogP contribution >= 0.6 is 0 Å². The van der Waals surface area contributed by atoms with Gasteiger partial charge in [-0.15, -0.1) is 0 Å². The van der Waals surface area contributed by atoms with Crippen LogP contribution in [0.15, 0.2) is 12.1 Å². The van der Waals surface area contributed by atoms with Crippen LogP contribution in [0.2, 0.25) is 0 Å². The maximum absolute atomic E-state index is 6.24. The SMILES string of the molecule is CCN(CC)c1cc(B2OC(C)(C)C(C)(C)O2)cc(C2CC2)n1. The van der Waals surface area contributed by atoms with Gasteiger partial charge in [-0.2, -0.15) is 0 Å². The molecule has 1 saturated carbocycles. The van der Waals surface area contributed by atoms with E-state index >= 15 is 0 Å². The van der Waals surface area contributed by atoms with Crippen LogP contribution in [-0.2, 0) is 9.31 Å². The van der Waals surface area contributed by atoms with Crippen molar-refractivity contribution >= 4 is 18.4 Å². The molecule has 23 heavy (non-hydrogen) atoms. The van der Waals surface area contributed by atoms with Crippen molar-refractivity contribution in [3.8, 4) is 0 Å². The highest BCUT2D eigenvalue weighted by Gasteiger charge is 2.52. The highest BCUT2D eigenvalue weighted by Crippen LogP contribution is 2.40. The highest BCUT2D eigenvalue weighted by molar-refractivity contribution is 6.62. The van der Waals surface area contributed by atoms with Gasteiger partial charge in [0.05, 0.1) is 11.2 Å². The van der Waals surface area contributed by atoms with Gasteiger partial charge in [0, 0.05) is 24.7 Å². The van der Waals surface area contributed by atoms with Crippen LogP contribution in [0, 0.1) is 0 Å². The molecule has 2 aliphatic rings. The molecule has 1 aromatic rings. The Bertz CT molecular complexity index is 564. The largest absolute Gasteiger partial charge is 0.495 e. The molecule has 0 radical (unpaired) electrons. The molecule has 0 aromatic carbocycles. The first-order chi connectivity index (χ1) is 10.8. The molecule has 0 amide bonds. The summed E-state index contributed by atoms with van der Waals surface area (Å²) in [6, 6.07) is 4.33. The molecule has 0 unspecified atom stereocenters. The minimum atomic E-state index is -0.310. The second-order valence-electron chi connectivity index (χ2n) is 7.72. The first-order valence-electron chi connectivity index (χ1n) is 8.90. The molecule has 1 saturated heterocycles. The molecule has 126 valence electrons. The van der Waals surface area contributed by atoms with Gasteiger partial charge in [0.15, 0.2) is 0 Å². The maximum atomic E-state index is 6.24. The van der Waals surface area contributed by atoms with Crippen LogP contribution in [0.25, 0.3) is 0 Å². The van der Waals surface area contributed by atoms with Crippen molar-refractivity contribution in [2.24, 2.45) is 0 Å². The van der Waals surface area contributed by atoms with Crippen LogP contribution in [0.1, 0.15) is 66.0 Å². The fourth-order valence-electron chi connectivity index (χ4n) is 2.97. The predicted octanol–water partition coefficient (Wildman–Crippen LogP) is 3.10. The lowest BCUT2D eigenvalue weighted by atomic mass is 9.79. The van der Waals surface area contributed by atoms with E-state index in [1.54, 1.807) is 0 Å². The Morgan fingerprint density at radius 1 is 1.09 bits per heavy atom. The number of hydrogen-bond acceptors (Lipinski definition) is 4. The lowest BCUT2D eigenvalue weighted by molar-refractivity contribution is 0.00578. The third-order valence-corrected chi connectivity index (χ3v) is 5.46. The highest BCUT2D eigenvalue weighted by atomic mass is 16.7. The molecule has 2 heterocycles. The zero-order valence-electron chi connectivity index (χ0n) is 15.3. The van der Waals surface area contributed by atoms with Gasteiger partial charge in [0.1, 0.15) is 5.82 Å². The number of hydrogen-bond donors (Lipinski definition) is 0. The number of anilines is 1. The third-order valence-electron chi connectivity index (χ3n) is 5.46. The van der Waals surface area contributed by atoms with Crippen molar-refractivity contribution in [2.45, 2.75) is 71.5 Å². The fourth-order valence-corrected chi connectivity index (χ4v) is 2.97. The van der Waals surface area contributed by atoms with Crippen LogP contribution < -0.4 is 10.4 Å². The molecule has 1 aromatic heterocycles. The minimum absolute atomic E-state index is 0.309. The smallest absolute Gasteiger partial charge is 0.399 e. The Hall–Kier alpha value is -1.07. The molecule has 5 heteroatoms. The van der Waals surface area contributed by atoms with E-state index < -0.39 is 0 Å². The lowest BCUT2D eigenvalue weighted by Gasteiger charge is -2.32. The minimum Gasteiger partial charge on any atom is -0.399 e. The molecular formula is C18H29BN2O2. The summed E-state index contributed by atoms with van der Waals surface area (Å²) in [7, 11) is -0.310. The Morgan fingerprint density at radius 2 is 1.65 bits per heavy atom. The van der Waals surface area contributed by atoms with Crippen molar-refractivity contribution < 1.29 is 9.31 Å². The molecule has 0 bridgehead atoms. The standard InChI is InChI=1S/C18H29BN2O2/c1-7-21(8-2)16-12-14(11-15(20-16)13-9-10-13)19-22-17(3,4)18(5,6)23-19/h11-13H,7-10H2,1-6H3. The average molecular weight is 316 g/mol. The topological polar surface area (TPSA) is 34.6 Å². The van der Waals surface area contributed by atoms with Gasteiger partial charge in [-0.3, -0.25) is 0 Å². The quantitative estimate of drug-likeness (QED) is 0.782. The van der Waals surface area contributed by atoms with E-state index in [4.69, 9.17) is 14.3 Å². The molecule has 2 fully saturated rings. The van der Waals surface area contributed by atoms with Crippen LogP contribution in [-0.4, -0.2) is 36.4 Å². The van der Waals surface area contributed by atoms with Crippen LogP contribution in [0.3, 0.4) is 0 Å². The van der Waals surface area contributed by atoms with Gasteiger partial charge in [0.2, 0.25) is 0 Å². The van der Waals surface area contributed by atoms with Gasteiger partial charge in [0.25, 0.3) is 0 Å². The van der Waals surface area contributed by atoms with E-state index in [9.17, 15) is 0 Å². The second kappa shape index (κ2) is 5.78. The Labute approximate surface area is 140 Å². The van der Waals surface area contributed by atoms with Crippen molar-refractivity contribution in [1.82, 2.24) is 4.98 Å². The molecule has 0 spiro atoms. The van der Waals surface area contributed by atoms with E-state index in [-0.39, 0.29) is 18.3 Å². The zero-order chi connectivity index (χ0) is 16.8. The molecular weight excluding hydrogens is 287 g/mol. The summed E-state index contributed by atoms with van der Waals surface area (Å²) in [5.74, 6) is 1.66. The van der Waals surface area contributed by atoms with Crippen molar-refractivity contribution in [3.63, 3.8) is 0 Å². The zero-order valence-corrected chi connectivity index (χ0v) is 15.3. The van der Waals surface area contributed by atoms with Gasteiger partial charge in [-0.1, -0.05) is 0 Å². The van der Waals surface area contributed by atoms with Gasteiger partial charge >= 0.3 is 7.12 Å².